The van der Waals surface area contributed by atoms with E-state index < -0.39 is 0 Å². The van der Waals surface area contributed by atoms with Gasteiger partial charge in [0.25, 0.3) is 5.91 Å². The van der Waals surface area contributed by atoms with Crippen LogP contribution in [0, 0.1) is 6.92 Å². The van der Waals surface area contributed by atoms with Crippen LogP contribution < -0.4 is 19.7 Å². The number of anilines is 2. The van der Waals surface area contributed by atoms with Crippen molar-refractivity contribution >= 4 is 17.7 Å². The molecule has 0 spiro atoms. The molecular weight excluding hydrogens is 406 g/mol. The summed E-state index contributed by atoms with van der Waals surface area (Å²) in [5, 5.41) is 3.53. The summed E-state index contributed by atoms with van der Waals surface area (Å²) in [6, 6.07) is 9.75. The third-order valence-corrected chi connectivity index (χ3v) is 6.16. The van der Waals surface area contributed by atoms with E-state index in [1.165, 1.54) is 32.1 Å². The maximum Gasteiger partial charge on any atom is 0.260 e. The van der Waals surface area contributed by atoms with Crippen molar-refractivity contribution in [2.24, 2.45) is 0 Å². The second-order valence-electron chi connectivity index (χ2n) is 8.50. The lowest BCUT2D eigenvalue weighted by molar-refractivity contribution is -0.133. The molecule has 4 rings (SSSR count). The Labute approximate surface area is 189 Å². The van der Waals surface area contributed by atoms with Crippen LogP contribution in [-0.2, 0) is 4.79 Å². The molecule has 1 N–H and O–H groups in total. The zero-order chi connectivity index (χ0) is 22.3. The number of nitrogens with one attached hydrogen (secondary N) is 1. The minimum Gasteiger partial charge on any atom is -0.497 e. The summed E-state index contributed by atoms with van der Waals surface area (Å²) >= 11 is 0. The summed E-state index contributed by atoms with van der Waals surface area (Å²) in [6.07, 6.45) is 6.24. The number of carbonyl (C=O) groups is 1. The van der Waals surface area contributed by atoms with Gasteiger partial charge in [-0.15, -0.1) is 0 Å². The van der Waals surface area contributed by atoms with Crippen molar-refractivity contribution in [1.29, 1.82) is 0 Å². The number of aromatic nitrogens is 2. The molecule has 0 unspecified atom stereocenters. The second kappa shape index (κ2) is 10.5. The number of amides is 1. The first-order chi connectivity index (χ1) is 15.6. The SMILES string of the molecule is COc1ccc(OCC(=O)N2CCN(c3cc(C)nc(NC4CCCCC4)n3)CC2)cc1. The van der Waals surface area contributed by atoms with Gasteiger partial charge in [-0.25, -0.2) is 4.98 Å². The fraction of sp³-hybridized carbons (Fsp3) is 0.542. The van der Waals surface area contributed by atoms with Crippen LogP contribution in [0.5, 0.6) is 11.5 Å². The molecule has 1 saturated heterocycles. The minimum atomic E-state index is -0.000935. The van der Waals surface area contributed by atoms with E-state index in [4.69, 9.17) is 14.5 Å². The Morgan fingerprint density at radius 3 is 2.41 bits per heavy atom. The molecule has 1 saturated carbocycles. The lowest BCUT2D eigenvalue weighted by Crippen LogP contribution is -2.50. The standard InChI is InChI=1S/C24H33N5O3/c1-18-16-22(27-24(25-18)26-19-6-4-3-5-7-19)28-12-14-29(15-13-28)23(30)17-32-21-10-8-20(31-2)9-11-21/h8-11,16,19H,3-7,12-15,17H2,1-2H3,(H,25,26,27). The fourth-order valence-electron chi connectivity index (χ4n) is 4.30. The van der Waals surface area contributed by atoms with Gasteiger partial charge in [0.1, 0.15) is 17.3 Å². The molecule has 2 heterocycles. The predicted octanol–water partition coefficient (Wildman–Crippen LogP) is 3.27. The quantitative estimate of drug-likeness (QED) is 0.709. The molecule has 2 fully saturated rings. The highest BCUT2D eigenvalue weighted by Gasteiger charge is 2.23. The Hall–Kier alpha value is -3.03. The number of ether oxygens (including phenoxy) is 2. The van der Waals surface area contributed by atoms with Gasteiger partial charge in [-0.1, -0.05) is 19.3 Å². The monoisotopic (exact) mass is 439 g/mol. The topological polar surface area (TPSA) is 79.8 Å². The lowest BCUT2D eigenvalue weighted by Gasteiger charge is -2.35. The van der Waals surface area contributed by atoms with E-state index >= 15 is 0 Å². The average molecular weight is 440 g/mol. The molecule has 0 atom stereocenters. The maximum atomic E-state index is 12.6. The van der Waals surface area contributed by atoms with Gasteiger partial charge >= 0.3 is 0 Å². The Morgan fingerprint density at radius 2 is 1.72 bits per heavy atom. The van der Waals surface area contributed by atoms with Crippen LogP contribution >= 0.6 is 0 Å². The van der Waals surface area contributed by atoms with Crippen LogP contribution in [0.2, 0.25) is 0 Å². The van der Waals surface area contributed by atoms with Crippen LogP contribution in [0.3, 0.4) is 0 Å². The zero-order valence-corrected chi connectivity index (χ0v) is 19.0. The summed E-state index contributed by atoms with van der Waals surface area (Å²) in [4.78, 5) is 26.0. The largest absolute Gasteiger partial charge is 0.497 e. The maximum absolute atomic E-state index is 12.6. The molecular formula is C24H33N5O3. The molecule has 8 heteroatoms. The molecule has 1 amide bonds. The average Bonchev–Trinajstić information content (AvgIpc) is 2.83. The second-order valence-corrected chi connectivity index (χ2v) is 8.50. The van der Waals surface area contributed by atoms with Crippen molar-refractivity contribution in [2.45, 2.75) is 45.1 Å². The third-order valence-electron chi connectivity index (χ3n) is 6.16. The highest BCUT2D eigenvalue weighted by Crippen LogP contribution is 2.23. The number of rotatable bonds is 7. The van der Waals surface area contributed by atoms with Crippen LogP contribution in [-0.4, -0.2) is 66.7 Å². The molecule has 2 aromatic rings. The van der Waals surface area contributed by atoms with E-state index in [-0.39, 0.29) is 12.5 Å². The minimum absolute atomic E-state index is 0.000935. The van der Waals surface area contributed by atoms with Gasteiger partial charge in [-0.3, -0.25) is 4.79 Å². The van der Waals surface area contributed by atoms with Gasteiger partial charge in [0.2, 0.25) is 5.95 Å². The molecule has 1 aromatic carbocycles. The highest BCUT2D eigenvalue weighted by molar-refractivity contribution is 5.78. The van der Waals surface area contributed by atoms with Gasteiger partial charge in [0.05, 0.1) is 7.11 Å². The Balaban J connectivity index is 1.28. The van der Waals surface area contributed by atoms with Crippen molar-refractivity contribution < 1.29 is 14.3 Å². The van der Waals surface area contributed by atoms with Crippen molar-refractivity contribution in [3.8, 4) is 11.5 Å². The number of piperazine rings is 1. The molecule has 1 aliphatic heterocycles. The summed E-state index contributed by atoms with van der Waals surface area (Å²) in [7, 11) is 1.62. The number of carbonyl (C=O) groups excluding carboxylic acids is 1. The lowest BCUT2D eigenvalue weighted by atomic mass is 9.96. The number of nitrogens with zero attached hydrogens (tertiary/aromatic N) is 4. The summed E-state index contributed by atoms with van der Waals surface area (Å²) in [6.45, 7) is 4.83. The van der Waals surface area contributed by atoms with Gasteiger partial charge in [-0.05, 0) is 44.0 Å². The third kappa shape index (κ3) is 5.81. The zero-order valence-electron chi connectivity index (χ0n) is 19.0. The first kappa shape index (κ1) is 22.2. The number of methoxy groups -OCH3 is 1. The Kier molecular flexibility index (Phi) is 7.29. The normalized spacial score (nSPS) is 17.2. The highest BCUT2D eigenvalue weighted by atomic mass is 16.5. The molecule has 0 radical (unpaired) electrons. The van der Waals surface area contributed by atoms with Crippen molar-refractivity contribution in [3.05, 3.63) is 36.0 Å². The number of hydrogen-bond donors (Lipinski definition) is 1. The van der Waals surface area contributed by atoms with Gasteiger partial charge in [-0.2, -0.15) is 4.98 Å². The number of hydrogen-bond acceptors (Lipinski definition) is 7. The van der Waals surface area contributed by atoms with E-state index in [2.05, 4.69) is 15.2 Å². The predicted molar refractivity (Wildman–Crippen MR) is 125 cm³/mol. The van der Waals surface area contributed by atoms with Crippen LogP contribution in [0.25, 0.3) is 0 Å². The Morgan fingerprint density at radius 1 is 1.03 bits per heavy atom. The molecule has 32 heavy (non-hydrogen) atoms. The van der Waals surface area contributed by atoms with Crippen molar-refractivity contribution in [3.63, 3.8) is 0 Å². The van der Waals surface area contributed by atoms with E-state index in [0.29, 0.717) is 24.9 Å². The van der Waals surface area contributed by atoms with E-state index in [1.54, 1.807) is 19.2 Å². The first-order valence-electron chi connectivity index (χ1n) is 11.5. The Bertz CT molecular complexity index is 891. The van der Waals surface area contributed by atoms with Crippen molar-refractivity contribution in [1.82, 2.24) is 14.9 Å². The summed E-state index contributed by atoms with van der Waals surface area (Å²) in [5.41, 5.74) is 0.958. The smallest absolute Gasteiger partial charge is 0.260 e. The van der Waals surface area contributed by atoms with E-state index in [9.17, 15) is 4.79 Å². The van der Waals surface area contributed by atoms with Gasteiger partial charge < -0.3 is 24.6 Å². The molecule has 1 aliphatic carbocycles. The van der Waals surface area contributed by atoms with Crippen molar-refractivity contribution in [2.75, 3.05) is 50.1 Å². The van der Waals surface area contributed by atoms with Crippen LogP contribution in [0.4, 0.5) is 11.8 Å². The molecule has 1 aromatic heterocycles. The number of aryl methyl sites for hydroxylation is 1. The fourth-order valence-corrected chi connectivity index (χ4v) is 4.30. The van der Waals surface area contributed by atoms with Gasteiger partial charge in [0, 0.05) is 44.0 Å². The number of benzene rings is 1. The molecule has 8 nitrogen and oxygen atoms in total. The van der Waals surface area contributed by atoms with E-state index in [1.807, 2.05) is 30.0 Å². The van der Waals surface area contributed by atoms with E-state index in [0.717, 1.165) is 36.3 Å². The molecule has 172 valence electrons. The van der Waals surface area contributed by atoms with Crippen LogP contribution in [0.1, 0.15) is 37.8 Å². The summed E-state index contributed by atoms with van der Waals surface area (Å²) in [5.74, 6) is 3.07. The first-order valence-corrected chi connectivity index (χ1v) is 11.5. The summed E-state index contributed by atoms with van der Waals surface area (Å²) < 4.78 is 10.8. The van der Waals surface area contributed by atoms with Crippen LogP contribution in [0.15, 0.2) is 30.3 Å². The van der Waals surface area contributed by atoms with Gasteiger partial charge in [0.15, 0.2) is 6.61 Å². The molecule has 2 aliphatic rings. The molecule has 0 bridgehead atoms.